The molecule has 0 fully saturated rings. The third kappa shape index (κ3) is 2.93. The van der Waals surface area contributed by atoms with E-state index < -0.39 is 0 Å². The van der Waals surface area contributed by atoms with Crippen LogP contribution in [0.25, 0.3) is 32.8 Å². The smallest absolute Gasteiger partial charge is 0.211 e. The van der Waals surface area contributed by atoms with Gasteiger partial charge >= 0.3 is 0 Å². The first-order valence-electron chi connectivity index (χ1n) is 8.30. The number of aromatic amines is 1. The monoisotopic (exact) mass is 405 g/mol. The molecule has 3 aromatic carbocycles. The zero-order valence-corrected chi connectivity index (χ0v) is 15.9. The Kier molecular flexibility index (Phi) is 4.96. The summed E-state index contributed by atoms with van der Waals surface area (Å²) in [5.74, 6) is 0. The number of nitrogen functional groups attached to an aromatic ring is 2. The van der Waals surface area contributed by atoms with Crippen LogP contribution in [0, 0.1) is 0 Å². The second kappa shape index (κ2) is 7.18. The number of H-pyrrole nitrogens is 1. The summed E-state index contributed by atoms with van der Waals surface area (Å²) in [7, 11) is 0. The van der Waals surface area contributed by atoms with Gasteiger partial charge in [0.25, 0.3) is 0 Å². The number of allylic oxidation sites excluding steroid dienone is 1. The average Bonchev–Trinajstić information content (AvgIpc) is 2.64. The number of rotatable bonds is 3. The Hall–Kier alpha value is -2.85. The zero-order chi connectivity index (χ0) is 17.4. The molecule has 1 heterocycles. The largest absolute Gasteiger partial charge is 1.00 e. The first-order chi connectivity index (χ1) is 12.2. The molecule has 4 heteroatoms. The van der Waals surface area contributed by atoms with E-state index in [1.807, 2.05) is 48.7 Å². The standard InChI is InChI=1S/C22H19N3.BrH/c1-2-6-16-17(14-7-4-3-5-8-14)12-20(24)19-13-25-21-10-9-15(23)11-18(21)22(16)19;/h2-5,7-13H,1,6,23-24H2;1H. The van der Waals surface area contributed by atoms with Gasteiger partial charge in [-0.15, -0.1) is 6.58 Å². The summed E-state index contributed by atoms with van der Waals surface area (Å²) in [5.41, 5.74) is 18.5. The SMILES string of the molecule is C=CCc1c(-c2ccccc2)cc(N)c2c[nH+]c3ccc(N)cc3c12.[Br-]. The highest BCUT2D eigenvalue weighted by Crippen LogP contribution is 2.37. The number of hydrogen-bond donors (Lipinski definition) is 2. The fourth-order valence-corrected chi connectivity index (χ4v) is 3.50. The zero-order valence-electron chi connectivity index (χ0n) is 14.3. The molecule has 0 aliphatic rings. The van der Waals surface area contributed by atoms with Gasteiger partial charge in [-0.05, 0) is 41.3 Å². The average molecular weight is 406 g/mol. The van der Waals surface area contributed by atoms with Crippen LogP contribution in [0.1, 0.15) is 5.56 Å². The number of fused-ring (bicyclic) bond motifs is 3. The van der Waals surface area contributed by atoms with Crippen molar-refractivity contribution in [3.05, 3.63) is 79.0 Å². The van der Waals surface area contributed by atoms with Crippen LogP contribution in [-0.4, -0.2) is 0 Å². The van der Waals surface area contributed by atoms with Crippen molar-refractivity contribution in [1.82, 2.24) is 0 Å². The number of nitrogens with two attached hydrogens (primary N) is 2. The molecule has 0 spiro atoms. The third-order valence-electron chi connectivity index (χ3n) is 4.63. The molecule has 130 valence electrons. The minimum Gasteiger partial charge on any atom is -1.00 e. The molecule has 0 aliphatic carbocycles. The molecule has 0 radical (unpaired) electrons. The van der Waals surface area contributed by atoms with Crippen LogP contribution in [0.5, 0.6) is 0 Å². The number of pyridine rings is 1. The Morgan fingerprint density at radius 3 is 2.46 bits per heavy atom. The van der Waals surface area contributed by atoms with Crippen LogP contribution in [0.3, 0.4) is 0 Å². The van der Waals surface area contributed by atoms with Crippen LogP contribution in [-0.2, 0) is 6.42 Å². The predicted molar refractivity (Wildman–Crippen MR) is 106 cm³/mol. The Morgan fingerprint density at radius 1 is 0.962 bits per heavy atom. The summed E-state index contributed by atoms with van der Waals surface area (Å²) in [6.45, 7) is 3.95. The van der Waals surface area contributed by atoms with Gasteiger partial charge in [0.15, 0.2) is 6.20 Å². The molecule has 4 rings (SSSR count). The van der Waals surface area contributed by atoms with E-state index in [2.05, 4.69) is 29.8 Å². The molecule has 0 bridgehead atoms. The van der Waals surface area contributed by atoms with E-state index in [-0.39, 0.29) is 17.0 Å². The van der Waals surface area contributed by atoms with E-state index in [4.69, 9.17) is 11.5 Å². The Balaban J connectivity index is 0.00000196. The molecule has 1 aromatic heterocycles. The number of nitrogens with one attached hydrogen (secondary N) is 1. The minimum atomic E-state index is 0. The lowest BCUT2D eigenvalue weighted by molar-refractivity contribution is -0.342. The number of anilines is 2. The van der Waals surface area contributed by atoms with Crippen LogP contribution < -0.4 is 33.4 Å². The van der Waals surface area contributed by atoms with Crippen molar-refractivity contribution in [2.45, 2.75) is 6.42 Å². The van der Waals surface area contributed by atoms with Crippen molar-refractivity contribution in [3.8, 4) is 11.1 Å². The maximum atomic E-state index is 6.41. The van der Waals surface area contributed by atoms with Gasteiger partial charge in [-0.3, -0.25) is 0 Å². The molecule has 0 unspecified atom stereocenters. The van der Waals surface area contributed by atoms with Crippen LogP contribution >= 0.6 is 0 Å². The molecule has 0 saturated heterocycles. The Bertz CT molecular complexity index is 1100. The molecule has 3 nitrogen and oxygen atoms in total. The summed E-state index contributed by atoms with van der Waals surface area (Å²) in [6, 6.07) is 18.3. The van der Waals surface area contributed by atoms with Crippen LogP contribution in [0.4, 0.5) is 11.4 Å². The summed E-state index contributed by atoms with van der Waals surface area (Å²) in [4.78, 5) is 3.33. The minimum absolute atomic E-state index is 0. The summed E-state index contributed by atoms with van der Waals surface area (Å²) >= 11 is 0. The van der Waals surface area contributed by atoms with E-state index in [1.54, 1.807) is 0 Å². The highest BCUT2D eigenvalue weighted by atomic mass is 79.9. The van der Waals surface area contributed by atoms with Crippen LogP contribution in [0.15, 0.2) is 73.4 Å². The number of halogens is 1. The van der Waals surface area contributed by atoms with Gasteiger partial charge in [0, 0.05) is 22.8 Å². The molecular weight excluding hydrogens is 386 g/mol. The lowest BCUT2D eigenvalue weighted by Crippen LogP contribution is -3.00. The van der Waals surface area contributed by atoms with Crippen molar-refractivity contribution < 1.29 is 22.0 Å². The predicted octanol–water partition coefficient (Wildman–Crippen LogP) is 1.37. The highest BCUT2D eigenvalue weighted by Gasteiger charge is 2.17. The molecule has 0 amide bonds. The van der Waals surface area contributed by atoms with Crippen molar-refractivity contribution in [2.24, 2.45) is 0 Å². The van der Waals surface area contributed by atoms with E-state index in [9.17, 15) is 0 Å². The van der Waals surface area contributed by atoms with Crippen molar-refractivity contribution in [3.63, 3.8) is 0 Å². The van der Waals surface area contributed by atoms with Crippen molar-refractivity contribution in [2.75, 3.05) is 11.5 Å². The van der Waals surface area contributed by atoms with E-state index in [0.717, 1.165) is 50.6 Å². The van der Waals surface area contributed by atoms with Crippen molar-refractivity contribution >= 4 is 33.1 Å². The lowest BCUT2D eigenvalue weighted by atomic mass is 9.90. The first kappa shape index (κ1) is 18.0. The van der Waals surface area contributed by atoms with Gasteiger partial charge in [-0.1, -0.05) is 36.4 Å². The fourth-order valence-electron chi connectivity index (χ4n) is 3.50. The molecule has 0 saturated carbocycles. The van der Waals surface area contributed by atoms with Gasteiger partial charge in [-0.25, -0.2) is 4.98 Å². The van der Waals surface area contributed by atoms with Gasteiger partial charge in [0.1, 0.15) is 0 Å². The van der Waals surface area contributed by atoms with E-state index >= 15 is 0 Å². The maximum absolute atomic E-state index is 6.41. The molecule has 0 aliphatic heterocycles. The highest BCUT2D eigenvalue weighted by molar-refractivity contribution is 6.12. The second-order valence-corrected chi connectivity index (χ2v) is 6.23. The Labute approximate surface area is 163 Å². The van der Waals surface area contributed by atoms with Gasteiger partial charge in [0.2, 0.25) is 5.52 Å². The number of hydrogen-bond acceptors (Lipinski definition) is 2. The third-order valence-corrected chi connectivity index (χ3v) is 4.63. The number of benzene rings is 3. The fraction of sp³-hybridized carbons (Fsp3) is 0.0455. The van der Waals surface area contributed by atoms with E-state index in [1.165, 1.54) is 5.56 Å². The maximum Gasteiger partial charge on any atom is 0.211 e. The quantitative estimate of drug-likeness (QED) is 0.307. The van der Waals surface area contributed by atoms with Gasteiger partial charge in [0.05, 0.1) is 10.8 Å². The summed E-state index contributed by atoms with van der Waals surface area (Å²) in [6.07, 6.45) is 4.67. The van der Waals surface area contributed by atoms with Crippen molar-refractivity contribution in [1.29, 1.82) is 0 Å². The molecular formula is C22H20BrN3. The van der Waals surface area contributed by atoms with Gasteiger partial charge < -0.3 is 28.4 Å². The number of aromatic nitrogens is 1. The van der Waals surface area contributed by atoms with E-state index in [0.29, 0.717) is 0 Å². The summed E-state index contributed by atoms with van der Waals surface area (Å²) < 4.78 is 0. The normalized spacial score (nSPS) is 10.6. The van der Waals surface area contributed by atoms with Gasteiger partial charge in [-0.2, -0.15) is 0 Å². The Morgan fingerprint density at radius 2 is 1.73 bits per heavy atom. The molecule has 0 atom stereocenters. The molecule has 4 aromatic rings. The molecule has 26 heavy (non-hydrogen) atoms. The first-order valence-corrected chi connectivity index (χ1v) is 8.30. The lowest BCUT2D eigenvalue weighted by Gasteiger charge is -2.15. The topological polar surface area (TPSA) is 66.2 Å². The summed E-state index contributed by atoms with van der Waals surface area (Å²) in [5, 5.41) is 3.23. The van der Waals surface area contributed by atoms with Crippen LogP contribution in [0.2, 0.25) is 0 Å². The second-order valence-electron chi connectivity index (χ2n) is 6.23. The molecule has 5 N–H and O–H groups in total.